The number of benzene rings is 3. The maximum absolute atomic E-state index is 12.7. The number of thioether (sulfide) groups is 1. The summed E-state index contributed by atoms with van der Waals surface area (Å²) in [5, 5.41) is 5.39. The Labute approximate surface area is 196 Å². The van der Waals surface area contributed by atoms with Gasteiger partial charge < -0.3 is 24.8 Å². The summed E-state index contributed by atoms with van der Waals surface area (Å²) in [7, 11) is 1.55. The summed E-state index contributed by atoms with van der Waals surface area (Å²) in [6.07, 6.45) is 0. The van der Waals surface area contributed by atoms with Gasteiger partial charge in [-0.2, -0.15) is 0 Å². The number of carbonyl (C=O) groups is 2. The van der Waals surface area contributed by atoms with E-state index in [2.05, 4.69) is 10.6 Å². The van der Waals surface area contributed by atoms with Crippen molar-refractivity contribution in [3.63, 3.8) is 0 Å². The smallest absolute Gasteiger partial charge is 0.255 e. The largest absolute Gasteiger partial charge is 0.495 e. The van der Waals surface area contributed by atoms with E-state index >= 15 is 0 Å². The quantitative estimate of drug-likeness (QED) is 0.487. The maximum atomic E-state index is 12.7. The van der Waals surface area contributed by atoms with Crippen molar-refractivity contribution in [1.29, 1.82) is 0 Å². The van der Waals surface area contributed by atoms with E-state index in [1.54, 1.807) is 43.5 Å². The highest BCUT2D eigenvalue weighted by atomic mass is 32.2. The molecule has 1 aliphatic heterocycles. The first-order valence-electron chi connectivity index (χ1n) is 10.4. The van der Waals surface area contributed by atoms with Gasteiger partial charge in [0.1, 0.15) is 19.0 Å². The van der Waals surface area contributed by atoms with Gasteiger partial charge in [0.2, 0.25) is 5.91 Å². The number of fused-ring (bicyclic) bond motifs is 1. The number of carbonyl (C=O) groups excluding carboxylic acids is 2. The van der Waals surface area contributed by atoms with Crippen LogP contribution in [0.15, 0.2) is 71.6 Å². The second kappa shape index (κ2) is 10.3. The Morgan fingerprint density at radius 3 is 2.42 bits per heavy atom. The molecule has 0 aromatic heterocycles. The number of para-hydroxylation sites is 2. The highest BCUT2D eigenvalue weighted by Gasteiger charge is 2.18. The van der Waals surface area contributed by atoms with Crippen LogP contribution in [0.2, 0.25) is 0 Å². The van der Waals surface area contributed by atoms with E-state index in [0.717, 1.165) is 10.6 Å². The molecule has 1 heterocycles. The van der Waals surface area contributed by atoms with Gasteiger partial charge in [-0.15, -0.1) is 11.8 Å². The van der Waals surface area contributed by atoms with Crippen LogP contribution < -0.4 is 24.8 Å². The number of nitrogens with one attached hydrogen (secondary N) is 2. The second-order valence-corrected chi connectivity index (χ2v) is 8.70. The molecule has 33 heavy (non-hydrogen) atoms. The van der Waals surface area contributed by atoms with E-state index in [9.17, 15) is 9.59 Å². The van der Waals surface area contributed by atoms with E-state index < -0.39 is 0 Å². The van der Waals surface area contributed by atoms with Crippen LogP contribution in [0.3, 0.4) is 0 Å². The van der Waals surface area contributed by atoms with Gasteiger partial charge in [-0.25, -0.2) is 0 Å². The second-order valence-electron chi connectivity index (χ2n) is 7.29. The van der Waals surface area contributed by atoms with Crippen LogP contribution in [-0.2, 0) is 4.79 Å². The first-order chi connectivity index (χ1) is 16.0. The molecule has 0 fully saturated rings. The normalized spacial score (nSPS) is 13.0. The fraction of sp³-hybridized carbons (Fsp3) is 0.200. The van der Waals surface area contributed by atoms with Crippen LogP contribution in [0.1, 0.15) is 17.3 Å². The number of ether oxygens (including phenoxy) is 3. The standard InChI is InChI=1S/C25H24N2O5S/c1-16(33-19-11-12-22-23(15-19)32-14-13-31-22)24(28)26-18-9-7-17(8-10-18)25(29)27-20-5-3-4-6-21(20)30-2/h3-12,15-16H,13-14H2,1-2H3,(H,26,28)(H,27,29)/t16-/m0/s1. The number of amides is 2. The minimum absolute atomic E-state index is 0.138. The van der Waals surface area contributed by atoms with Gasteiger partial charge in [-0.3, -0.25) is 9.59 Å². The monoisotopic (exact) mass is 464 g/mol. The van der Waals surface area contributed by atoms with Gasteiger partial charge in [0, 0.05) is 16.1 Å². The van der Waals surface area contributed by atoms with Crippen LogP contribution in [0, 0.1) is 0 Å². The molecule has 2 amide bonds. The average Bonchev–Trinajstić information content (AvgIpc) is 2.84. The Kier molecular flexibility index (Phi) is 7.04. The Morgan fingerprint density at radius 1 is 0.939 bits per heavy atom. The van der Waals surface area contributed by atoms with Gasteiger partial charge in [0.15, 0.2) is 11.5 Å². The first kappa shape index (κ1) is 22.5. The molecule has 3 aromatic carbocycles. The number of anilines is 2. The minimum atomic E-state index is -0.332. The molecule has 0 spiro atoms. The number of hydrogen-bond acceptors (Lipinski definition) is 6. The minimum Gasteiger partial charge on any atom is -0.495 e. The van der Waals surface area contributed by atoms with Crippen LogP contribution >= 0.6 is 11.8 Å². The topological polar surface area (TPSA) is 85.9 Å². The van der Waals surface area contributed by atoms with Crippen molar-refractivity contribution < 1.29 is 23.8 Å². The first-order valence-corrected chi connectivity index (χ1v) is 11.3. The highest BCUT2D eigenvalue weighted by Crippen LogP contribution is 2.35. The molecule has 0 saturated heterocycles. The summed E-state index contributed by atoms with van der Waals surface area (Å²) in [6.45, 7) is 2.90. The lowest BCUT2D eigenvalue weighted by molar-refractivity contribution is -0.115. The third-order valence-corrected chi connectivity index (χ3v) is 6.06. The fourth-order valence-corrected chi connectivity index (χ4v) is 4.14. The summed E-state index contributed by atoms with van der Waals surface area (Å²) in [5.41, 5.74) is 1.67. The number of hydrogen-bond donors (Lipinski definition) is 2. The Balaban J connectivity index is 1.34. The summed E-state index contributed by atoms with van der Waals surface area (Å²) < 4.78 is 16.4. The summed E-state index contributed by atoms with van der Waals surface area (Å²) in [4.78, 5) is 26.1. The predicted molar refractivity (Wildman–Crippen MR) is 129 cm³/mol. The van der Waals surface area contributed by atoms with Crippen molar-refractivity contribution in [2.75, 3.05) is 31.0 Å². The van der Waals surface area contributed by atoms with E-state index in [0.29, 0.717) is 41.7 Å². The van der Waals surface area contributed by atoms with E-state index in [1.165, 1.54) is 11.8 Å². The molecule has 0 aliphatic carbocycles. The van der Waals surface area contributed by atoms with E-state index in [4.69, 9.17) is 14.2 Å². The molecule has 0 bridgehead atoms. The van der Waals surface area contributed by atoms with Crippen molar-refractivity contribution >= 4 is 35.0 Å². The van der Waals surface area contributed by atoms with Crippen molar-refractivity contribution in [3.05, 3.63) is 72.3 Å². The zero-order valence-corrected chi connectivity index (χ0v) is 19.1. The number of methoxy groups -OCH3 is 1. The van der Waals surface area contributed by atoms with Gasteiger partial charge in [-0.05, 0) is 61.5 Å². The lowest BCUT2D eigenvalue weighted by atomic mass is 10.2. The van der Waals surface area contributed by atoms with Gasteiger partial charge in [0.05, 0.1) is 18.0 Å². The van der Waals surface area contributed by atoms with Crippen molar-refractivity contribution in [2.24, 2.45) is 0 Å². The summed E-state index contributed by atoms with van der Waals surface area (Å²) >= 11 is 1.43. The third kappa shape index (κ3) is 5.59. The van der Waals surface area contributed by atoms with Crippen molar-refractivity contribution in [1.82, 2.24) is 0 Å². The zero-order chi connectivity index (χ0) is 23.2. The van der Waals surface area contributed by atoms with Crippen molar-refractivity contribution in [3.8, 4) is 17.2 Å². The number of rotatable bonds is 7. The predicted octanol–water partition coefficient (Wildman–Crippen LogP) is 4.84. The molecule has 7 nitrogen and oxygen atoms in total. The van der Waals surface area contributed by atoms with Crippen LogP contribution in [-0.4, -0.2) is 37.4 Å². The molecule has 2 N–H and O–H groups in total. The molecular weight excluding hydrogens is 440 g/mol. The molecule has 8 heteroatoms. The molecule has 3 aromatic rings. The molecule has 0 unspecified atom stereocenters. The summed E-state index contributed by atoms with van der Waals surface area (Å²) in [5.74, 6) is 1.60. The van der Waals surface area contributed by atoms with Gasteiger partial charge >= 0.3 is 0 Å². The molecule has 170 valence electrons. The van der Waals surface area contributed by atoms with E-state index in [-0.39, 0.29) is 17.1 Å². The highest BCUT2D eigenvalue weighted by molar-refractivity contribution is 8.00. The molecule has 1 aliphatic rings. The summed E-state index contributed by atoms with van der Waals surface area (Å²) in [6, 6.07) is 19.6. The molecule has 0 radical (unpaired) electrons. The third-order valence-electron chi connectivity index (χ3n) is 4.97. The fourth-order valence-electron chi connectivity index (χ4n) is 3.25. The van der Waals surface area contributed by atoms with Crippen molar-refractivity contribution in [2.45, 2.75) is 17.1 Å². The van der Waals surface area contributed by atoms with Crippen LogP contribution in [0.5, 0.6) is 17.2 Å². The van der Waals surface area contributed by atoms with Crippen LogP contribution in [0.25, 0.3) is 0 Å². The Hall–Kier alpha value is -3.65. The molecule has 4 rings (SSSR count). The maximum Gasteiger partial charge on any atom is 0.255 e. The Morgan fingerprint density at radius 2 is 1.67 bits per heavy atom. The lowest BCUT2D eigenvalue weighted by Gasteiger charge is -2.19. The molecule has 0 saturated carbocycles. The lowest BCUT2D eigenvalue weighted by Crippen LogP contribution is -2.22. The van der Waals surface area contributed by atoms with Crippen LogP contribution in [0.4, 0.5) is 11.4 Å². The van der Waals surface area contributed by atoms with Gasteiger partial charge in [0.25, 0.3) is 5.91 Å². The zero-order valence-electron chi connectivity index (χ0n) is 18.3. The van der Waals surface area contributed by atoms with E-state index in [1.807, 2.05) is 37.3 Å². The molecular formula is C25H24N2O5S. The average molecular weight is 465 g/mol. The van der Waals surface area contributed by atoms with Gasteiger partial charge in [-0.1, -0.05) is 12.1 Å². The Bertz CT molecular complexity index is 1150. The molecule has 1 atom stereocenters. The SMILES string of the molecule is COc1ccccc1NC(=O)c1ccc(NC(=O)[C@H](C)Sc2ccc3c(c2)OCCO3)cc1.